The van der Waals surface area contributed by atoms with Crippen LogP contribution in [0, 0.1) is 6.92 Å². The van der Waals surface area contributed by atoms with Crippen LogP contribution in [0.5, 0.6) is 0 Å². The Bertz CT molecular complexity index is 812. The summed E-state index contributed by atoms with van der Waals surface area (Å²) in [7, 11) is 0. The van der Waals surface area contributed by atoms with E-state index in [1.54, 1.807) is 6.20 Å². The van der Waals surface area contributed by atoms with Gasteiger partial charge in [0.05, 0.1) is 0 Å². The van der Waals surface area contributed by atoms with Crippen LogP contribution in [0.1, 0.15) is 18.1 Å². The molecule has 3 rings (SSSR count). The Kier molecular flexibility index (Phi) is 4.56. The minimum absolute atomic E-state index is 0.444. The first-order valence-electron chi connectivity index (χ1n) is 7.82. The first-order chi connectivity index (χ1) is 11.7. The molecule has 3 aromatic rings. The van der Waals surface area contributed by atoms with E-state index in [0.29, 0.717) is 23.1 Å². The maximum absolute atomic E-state index is 6.19. The van der Waals surface area contributed by atoms with Crippen LogP contribution in [-0.2, 0) is 6.42 Å². The fraction of sp³-hybridized carbons (Fsp3) is 0.167. The summed E-state index contributed by atoms with van der Waals surface area (Å²) in [6.07, 6.45) is 4.26. The summed E-state index contributed by atoms with van der Waals surface area (Å²) >= 11 is 0. The Morgan fingerprint density at radius 3 is 2.25 bits per heavy atom. The molecule has 0 unspecified atom stereocenters. The molecule has 1 aromatic carbocycles. The van der Waals surface area contributed by atoms with Crippen LogP contribution in [0.4, 0.5) is 28.8 Å². The van der Waals surface area contributed by atoms with Gasteiger partial charge in [-0.2, -0.15) is 0 Å². The number of hydrogen-bond donors (Lipinski definition) is 3. The SMILES string of the molecule is CCc1ccc(Nc2ncnc(Nc3ccc(C)cn3)c2N)cc1. The standard InChI is InChI=1S/C18H20N6/c1-3-13-5-7-14(8-6-13)23-17-16(19)18(22-11-21-17)24-15-9-4-12(2)10-20-15/h4-11H,3,19H2,1-2H3,(H2,20,21,22,23,24). The van der Waals surface area contributed by atoms with E-state index in [-0.39, 0.29) is 0 Å². The predicted octanol–water partition coefficient (Wildman–Crippen LogP) is 3.81. The van der Waals surface area contributed by atoms with Crippen molar-refractivity contribution in [2.45, 2.75) is 20.3 Å². The Morgan fingerprint density at radius 1 is 0.917 bits per heavy atom. The molecule has 0 bridgehead atoms. The lowest BCUT2D eigenvalue weighted by Gasteiger charge is -2.12. The molecule has 0 aliphatic heterocycles. The Balaban J connectivity index is 1.80. The molecule has 0 saturated heterocycles. The molecule has 2 aromatic heterocycles. The van der Waals surface area contributed by atoms with E-state index in [4.69, 9.17) is 5.73 Å². The zero-order valence-corrected chi connectivity index (χ0v) is 13.7. The molecule has 122 valence electrons. The fourth-order valence-electron chi connectivity index (χ4n) is 2.22. The highest BCUT2D eigenvalue weighted by Crippen LogP contribution is 2.27. The van der Waals surface area contributed by atoms with Crippen LogP contribution in [0.25, 0.3) is 0 Å². The zero-order chi connectivity index (χ0) is 16.9. The molecule has 6 nitrogen and oxygen atoms in total. The quantitative estimate of drug-likeness (QED) is 0.662. The lowest BCUT2D eigenvalue weighted by molar-refractivity contribution is 1.14. The fourth-order valence-corrected chi connectivity index (χ4v) is 2.22. The summed E-state index contributed by atoms with van der Waals surface area (Å²) in [6, 6.07) is 12.0. The number of nitrogen functional groups attached to an aromatic ring is 1. The van der Waals surface area contributed by atoms with Gasteiger partial charge in [0.1, 0.15) is 17.8 Å². The first kappa shape index (κ1) is 15.7. The highest BCUT2D eigenvalue weighted by atomic mass is 15.1. The second kappa shape index (κ2) is 6.95. The van der Waals surface area contributed by atoms with Gasteiger partial charge in [-0.1, -0.05) is 25.1 Å². The minimum atomic E-state index is 0.444. The van der Waals surface area contributed by atoms with Gasteiger partial charge in [0.25, 0.3) is 0 Å². The second-order valence-corrected chi connectivity index (χ2v) is 5.51. The number of pyridine rings is 1. The number of aromatic nitrogens is 3. The average molecular weight is 320 g/mol. The van der Waals surface area contributed by atoms with Gasteiger partial charge < -0.3 is 16.4 Å². The van der Waals surface area contributed by atoms with Gasteiger partial charge >= 0.3 is 0 Å². The van der Waals surface area contributed by atoms with Gasteiger partial charge in [0, 0.05) is 11.9 Å². The highest BCUT2D eigenvalue weighted by molar-refractivity contribution is 5.79. The summed E-state index contributed by atoms with van der Waals surface area (Å²) in [5, 5.41) is 6.34. The van der Waals surface area contributed by atoms with E-state index < -0.39 is 0 Å². The van der Waals surface area contributed by atoms with Gasteiger partial charge in [-0.3, -0.25) is 0 Å². The molecule has 4 N–H and O–H groups in total. The molecule has 0 fully saturated rings. The number of aryl methyl sites for hydroxylation is 2. The number of nitrogens with zero attached hydrogens (tertiary/aromatic N) is 3. The molecule has 0 aliphatic carbocycles. The van der Waals surface area contributed by atoms with Crippen molar-refractivity contribution in [1.29, 1.82) is 0 Å². The third kappa shape index (κ3) is 3.60. The zero-order valence-electron chi connectivity index (χ0n) is 13.7. The van der Waals surface area contributed by atoms with Crippen molar-refractivity contribution >= 4 is 28.8 Å². The first-order valence-corrected chi connectivity index (χ1v) is 7.82. The van der Waals surface area contributed by atoms with Gasteiger partial charge in [-0.15, -0.1) is 0 Å². The van der Waals surface area contributed by atoms with E-state index >= 15 is 0 Å². The number of nitrogens with one attached hydrogen (secondary N) is 2. The van der Waals surface area contributed by atoms with Crippen LogP contribution in [0.2, 0.25) is 0 Å². The van der Waals surface area contributed by atoms with Crippen LogP contribution in [-0.4, -0.2) is 15.0 Å². The molecule has 24 heavy (non-hydrogen) atoms. The molecular formula is C18H20N6. The van der Waals surface area contributed by atoms with Gasteiger partial charge in [0.15, 0.2) is 11.6 Å². The van der Waals surface area contributed by atoms with Crippen LogP contribution < -0.4 is 16.4 Å². The van der Waals surface area contributed by atoms with Crippen molar-refractivity contribution in [3.8, 4) is 0 Å². The van der Waals surface area contributed by atoms with E-state index in [0.717, 1.165) is 17.7 Å². The Hall–Kier alpha value is -3.15. The summed E-state index contributed by atoms with van der Waals surface area (Å²) in [4.78, 5) is 12.7. The molecule has 0 amide bonds. The Labute approximate surface area is 141 Å². The van der Waals surface area contributed by atoms with E-state index in [1.807, 2.05) is 31.2 Å². The second-order valence-electron chi connectivity index (χ2n) is 5.51. The summed E-state index contributed by atoms with van der Waals surface area (Å²) in [5.41, 5.74) is 9.93. The van der Waals surface area contributed by atoms with Crippen molar-refractivity contribution in [3.05, 3.63) is 60.0 Å². The van der Waals surface area contributed by atoms with Crippen molar-refractivity contribution < 1.29 is 0 Å². The molecule has 6 heteroatoms. The molecule has 0 radical (unpaired) electrons. The molecule has 2 heterocycles. The van der Waals surface area contributed by atoms with E-state index in [1.165, 1.54) is 11.9 Å². The number of nitrogens with two attached hydrogens (primary N) is 1. The predicted molar refractivity (Wildman–Crippen MR) is 97.8 cm³/mol. The number of anilines is 5. The maximum Gasteiger partial charge on any atom is 0.160 e. The molecular weight excluding hydrogens is 300 g/mol. The van der Waals surface area contributed by atoms with Crippen molar-refractivity contribution in [3.63, 3.8) is 0 Å². The van der Waals surface area contributed by atoms with Crippen molar-refractivity contribution in [1.82, 2.24) is 15.0 Å². The third-order valence-electron chi connectivity index (χ3n) is 3.67. The number of hydrogen-bond acceptors (Lipinski definition) is 6. The third-order valence-corrected chi connectivity index (χ3v) is 3.67. The van der Waals surface area contributed by atoms with Gasteiger partial charge in [-0.25, -0.2) is 15.0 Å². The van der Waals surface area contributed by atoms with Crippen molar-refractivity contribution in [2.24, 2.45) is 0 Å². The monoisotopic (exact) mass is 320 g/mol. The lowest BCUT2D eigenvalue weighted by atomic mass is 10.1. The van der Waals surface area contributed by atoms with E-state index in [9.17, 15) is 0 Å². The Morgan fingerprint density at radius 2 is 1.62 bits per heavy atom. The summed E-state index contributed by atoms with van der Waals surface area (Å²) in [5.74, 6) is 1.77. The largest absolute Gasteiger partial charge is 0.393 e. The number of rotatable bonds is 5. The average Bonchev–Trinajstić information content (AvgIpc) is 2.61. The van der Waals surface area contributed by atoms with Crippen LogP contribution >= 0.6 is 0 Å². The maximum atomic E-state index is 6.19. The molecule has 0 saturated carbocycles. The van der Waals surface area contributed by atoms with Crippen LogP contribution in [0.15, 0.2) is 48.9 Å². The lowest BCUT2D eigenvalue weighted by Crippen LogP contribution is -2.05. The van der Waals surface area contributed by atoms with Crippen molar-refractivity contribution in [2.75, 3.05) is 16.4 Å². The topological polar surface area (TPSA) is 88.8 Å². The van der Waals surface area contributed by atoms with Gasteiger partial charge in [-0.05, 0) is 42.7 Å². The smallest absolute Gasteiger partial charge is 0.160 e. The molecule has 0 spiro atoms. The normalized spacial score (nSPS) is 10.4. The van der Waals surface area contributed by atoms with E-state index in [2.05, 4.69) is 44.6 Å². The molecule has 0 atom stereocenters. The van der Waals surface area contributed by atoms with Crippen LogP contribution in [0.3, 0.4) is 0 Å². The number of benzene rings is 1. The highest BCUT2D eigenvalue weighted by Gasteiger charge is 2.09. The summed E-state index contributed by atoms with van der Waals surface area (Å²) < 4.78 is 0. The summed E-state index contributed by atoms with van der Waals surface area (Å²) in [6.45, 7) is 4.11. The minimum Gasteiger partial charge on any atom is -0.393 e. The van der Waals surface area contributed by atoms with Gasteiger partial charge in [0.2, 0.25) is 0 Å². The molecule has 0 aliphatic rings.